The smallest absolute Gasteiger partial charge is 0.0495 e. The summed E-state index contributed by atoms with van der Waals surface area (Å²) in [4.78, 5) is 0. The van der Waals surface area contributed by atoms with Gasteiger partial charge in [0.2, 0.25) is 0 Å². The topological polar surface area (TPSA) is 33.3 Å². The molecule has 15 heavy (non-hydrogen) atoms. The van der Waals surface area contributed by atoms with Crippen molar-refractivity contribution in [3.05, 3.63) is 0 Å². The zero-order valence-corrected chi connectivity index (χ0v) is 9.63. The Labute approximate surface area is 93.0 Å². The van der Waals surface area contributed by atoms with E-state index in [1.165, 1.54) is 51.9 Å². The lowest BCUT2D eigenvalue weighted by Gasteiger charge is -2.23. The van der Waals surface area contributed by atoms with Crippen LogP contribution in [-0.4, -0.2) is 39.4 Å². The van der Waals surface area contributed by atoms with E-state index in [0.717, 1.165) is 25.0 Å². The fourth-order valence-electron chi connectivity index (χ4n) is 2.51. The van der Waals surface area contributed by atoms with Crippen molar-refractivity contribution in [3.8, 4) is 0 Å². The van der Waals surface area contributed by atoms with Crippen molar-refractivity contribution in [3.63, 3.8) is 0 Å². The summed E-state index contributed by atoms with van der Waals surface area (Å²) in [5.41, 5.74) is 0. The molecule has 2 aliphatic rings. The molecule has 88 valence electrons. The van der Waals surface area contributed by atoms with Gasteiger partial charge in [-0.1, -0.05) is 0 Å². The minimum Gasteiger partial charge on any atom is -0.381 e. The fourth-order valence-corrected chi connectivity index (χ4v) is 2.51. The van der Waals surface area contributed by atoms with Crippen LogP contribution in [0.15, 0.2) is 0 Å². The zero-order valence-electron chi connectivity index (χ0n) is 9.63. The highest BCUT2D eigenvalue weighted by atomic mass is 16.5. The molecule has 0 spiro atoms. The molecule has 2 heterocycles. The van der Waals surface area contributed by atoms with Gasteiger partial charge in [0.25, 0.3) is 0 Å². The van der Waals surface area contributed by atoms with Crippen LogP contribution in [0.5, 0.6) is 0 Å². The van der Waals surface area contributed by atoms with E-state index < -0.39 is 0 Å². The van der Waals surface area contributed by atoms with E-state index >= 15 is 0 Å². The van der Waals surface area contributed by atoms with Crippen LogP contribution >= 0.6 is 0 Å². The van der Waals surface area contributed by atoms with Gasteiger partial charge in [-0.2, -0.15) is 0 Å². The summed E-state index contributed by atoms with van der Waals surface area (Å²) in [5, 5.41) is 7.00. The van der Waals surface area contributed by atoms with Crippen LogP contribution in [0.2, 0.25) is 0 Å². The minimum absolute atomic E-state index is 0.825. The lowest BCUT2D eigenvalue weighted by atomic mass is 9.98. The molecule has 2 aliphatic heterocycles. The van der Waals surface area contributed by atoms with Crippen molar-refractivity contribution in [1.29, 1.82) is 0 Å². The second-order valence-electron chi connectivity index (χ2n) is 4.92. The van der Waals surface area contributed by atoms with Gasteiger partial charge in [-0.15, -0.1) is 0 Å². The highest BCUT2D eigenvalue weighted by Crippen LogP contribution is 2.15. The highest BCUT2D eigenvalue weighted by molar-refractivity contribution is 4.71. The van der Waals surface area contributed by atoms with Gasteiger partial charge < -0.3 is 15.4 Å². The van der Waals surface area contributed by atoms with Crippen LogP contribution in [-0.2, 0) is 4.74 Å². The molecule has 1 unspecified atom stereocenters. The first-order chi connectivity index (χ1) is 7.45. The molecule has 1 atom stereocenters. The summed E-state index contributed by atoms with van der Waals surface area (Å²) in [6.45, 7) is 6.80. The first-order valence-electron chi connectivity index (χ1n) is 6.44. The monoisotopic (exact) mass is 212 g/mol. The van der Waals surface area contributed by atoms with Crippen LogP contribution in [0.25, 0.3) is 0 Å². The van der Waals surface area contributed by atoms with Gasteiger partial charge in [0.05, 0.1) is 0 Å². The fraction of sp³-hybridized carbons (Fsp3) is 1.00. The SMILES string of the molecule is C1CC(CNCCC2CCOC2)CCN1. The number of hydrogen-bond donors (Lipinski definition) is 2. The van der Waals surface area contributed by atoms with E-state index in [1.807, 2.05) is 0 Å². The van der Waals surface area contributed by atoms with Crippen molar-refractivity contribution in [2.75, 3.05) is 39.4 Å². The van der Waals surface area contributed by atoms with Crippen LogP contribution in [0.4, 0.5) is 0 Å². The average Bonchev–Trinajstić information content (AvgIpc) is 2.79. The van der Waals surface area contributed by atoms with E-state index in [9.17, 15) is 0 Å². The van der Waals surface area contributed by atoms with Crippen LogP contribution < -0.4 is 10.6 Å². The number of piperidine rings is 1. The molecule has 2 saturated heterocycles. The third kappa shape index (κ3) is 4.09. The van der Waals surface area contributed by atoms with Crippen LogP contribution in [0.1, 0.15) is 25.7 Å². The molecule has 0 aromatic rings. The number of rotatable bonds is 5. The Morgan fingerprint density at radius 1 is 1.13 bits per heavy atom. The number of nitrogens with one attached hydrogen (secondary N) is 2. The predicted molar refractivity (Wildman–Crippen MR) is 62.0 cm³/mol. The van der Waals surface area contributed by atoms with E-state index in [4.69, 9.17) is 4.74 Å². The molecule has 0 amide bonds. The Bertz CT molecular complexity index is 163. The molecule has 2 N–H and O–H groups in total. The largest absolute Gasteiger partial charge is 0.381 e. The van der Waals surface area contributed by atoms with Crippen LogP contribution in [0.3, 0.4) is 0 Å². The van der Waals surface area contributed by atoms with Gasteiger partial charge in [0, 0.05) is 13.2 Å². The van der Waals surface area contributed by atoms with E-state index in [2.05, 4.69) is 10.6 Å². The summed E-state index contributed by atoms with van der Waals surface area (Å²) in [5.74, 6) is 1.73. The van der Waals surface area contributed by atoms with Gasteiger partial charge in [-0.05, 0) is 63.7 Å². The molecule has 0 aromatic heterocycles. The molecule has 0 aliphatic carbocycles. The lowest BCUT2D eigenvalue weighted by molar-refractivity contribution is 0.184. The summed E-state index contributed by atoms with van der Waals surface area (Å²) in [6.07, 6.45) is 5.26. The Kier molecular flexibility index (Phi) is 4.90. The third-order valence-electron chi connectivity index (χ3n) is 3.65. The molecule has 3 heteroatoms. The molecule has 0 radical (unpaired) electrons. The normalized spacial score (nSPS) is 28.4. The van der Waals surface area contributed by atoms with Gasteiger partial charge in [0.15, 0.2) is 0 Å². The Morgan fingerprint density at radius 2 is 2.00 bits per heavy atom. The second-order valence-corrected chi connectivity index (χ2v) is 4.92. The molecule has 2 rings (SSSR count). The summed E-state index contributed by atoms with van der Waals surface area (Å²) in [7, 11) is 0. The average molecular weight is 212 g/mol. The maximum absolute atomic E-state index is 5.37. The van der Waals surface area contributed by atoms with Crippen molar-refractivity contribution in [1.82, 2.24) is 10.6 Å². The van der Waals surface area contributed by atoms with Gasteiger partial charge in [-0.25, -0.2) is 0 Å². The maximum atomic E-state index is 5.37. The molecular formula is C12H24N2O. The molecule has 0 saturated carbocycles. The third-order valence-corrected chi connectivity index (χ3v) is 3.65. The molecular weight excluding hydrogens is 188 g/mol. The summed E-state index contributed by atoms with van der Waals surface area (Å²) < 4.78 is 5.37. The van der Waals surface area contributed by atoms with Crippen molar-refractivity contribution in [2.24, 2.45) is 11.8 Å². The Morgan fingerprint density at radius 3 is 2.73 bits per heavy atom. The van der Waals surface area contributed by atoms with Crippen molar-refractivity contribution >= 4 is 0 Å². The quantitative estimate of drug-likeness (QED) is 0.667. The molecule has 0 aromatic carbocycles. The first kappa shape index (κ1) is 11.4. The molecule has 3 nitrogen and oxygen atoms in total. The Hall–Kier alpha value is -0.120. The van der Waals surface area contributed by atoms with Gasteiger partial charge in [0.1, 0.15) is 0 Å². The number of ether oxygens (including phenoxy) is 1. The first-order valence-corrected chi connectivity index (χ1v) is 6.44. The highest BCUT2D eigenvalue weighted by Gasteiger charge is 2.15. The van der Waals surface area contributed by atoms with Gasteiger partial charge >= 0.3 is 0 Å². The van der Waals surface area contributed by atoms with Crippen molar-refractivity contribution in [2.45, 2.75) is 25.7 Å². The lowest BCUT2D eigenvalue weighted by Crippen LogP contribution is -2.34. The zero-order chi connectivity index (χ0) is 10.3. The summed E-state index contributed by atoms with van der Waals surface area (Å²) >= 11 is 0. The van der Waals surface area contributed by atoms with E-state index in [-0.39, 0.29) is 0 Å². The van der Waals surface area contributed by atoms with Crippen molar-refractivity contribution < 1.29 is 4.74 Å². The molecule has 2 fully saturated rings. The number of hydrogen-bond acceptors (Lipinski definition) is 3. The van der Waals surface area contributed by atoms with Gasteiger partial charge in [-0.3, -0.25) is 0 Å². The second kappa shape index (κ2) is 6.46. The van der Waals surface area contributed by atoms with E-state index in [1.54, 1.807) is 0 Å². The Balaban J connectivity index is 1.47. The predicted octanol–water partition coefficient (Wildman–Crippen LogP) is 1.00. The minimum atomic E-state index is 0.825. The maximum Gasteiger partial charge on any atom is 0.0495 e. The standard InChI is InChI=1S/C12H24N2O/c1-5-13-6-2-11(1)9-14-7-3-12-4-8-15-10-12/h11-14H,1-10H2. The van der Waals surface area contributed by atoms with Crippen LogP contribution in [0, 0.1) is 11.8 Å². The van der Waals surface area contributed by atoms with E-state index in [0.29, 0.717) is 0 Å². The molecule has 0 bridgehead atoms. The summed E-state index contributed by atoms with van der Waals surface area (Å²) in [6, 6.07) is 0.